The van der Waals surface area contributed by atoms with E-state index in [9.17, 15) is 26.7 Å². The zero-order valence-corrected chi connectivity index (χ0v) is 10.7. The molecule has 0 saturated heterocycles. The minimum absolute atomic E-state index is 0.228. The standard InChI is InChI=1S/C10H3ClF5NO2S/c11-8-17-7(9(12,13)10(14,15)16)6(20-8)5(18)4-2-1-3-19-4/h1-3H. The Bertz CT molecular complexity index is 635. The zero-order chi connectivity index (χ0) is 15.1. The number of rotatable bonds is 3. The van der Waals surface area contributed by atoms with Crippen molar-refractivity contribution in [3.05, 3.63) is 39.2 Å². The number of carbonyl (C=O) groups excluding carboxylic acids is 1. The Morgan fingerprint density at radius 1 is 1.30 bits per heavy atom. The third-order valence-electron chi connectivity index (χ3n) is 2.21. The summed E-state index contributed by atoms with van der Waals surface area (Å²) in [5.74, 6) is -6.81. The lowest BCUT2D eigenvalue weighted by Gasteiger charge is -2.18. The Hall–Kier alpha value is -1.48. The molecule has 0 aromatic carbocycles. The van der Waals surface area contributed by atoms with Crippen LogP contribution in [0.25, 0.3) is 0 Å². The lowest BCUT2D eigenvalue weighted by molar-refractivity contribution is -0.290. The summed E-state index contributed by atoms with van der Waals surface area (Å²) >= 11 is 5.58. The molecule has 2 aromatic rings. The third kappa shape index (κ3) is 2.42. The van der Waals surface area contributed by atoms with Gasteiger partial charge in [-0.05, 0) is 12.1 Å². The quantitative estimate of drug-likeness (QED) is 0.623. The highest BCUT2D eigenvalue weighted by atomic mass is 35.5. The molecule has 0 radical (unpaired) electrons. The van der Waals surface area contributed by atoms with E-state index in [1.54, 1.807) is 0 Å². The number of halogens is 6. The minimum Gasteiger partial charge on any atom is -0.461 e. The molecule has 0 N–H and O–H groups in total. The van der Waals surface area contributed by atoms with Crippen LogP contribution in [-0.4, -0.2) is 16.9 Å². The molecule has 3 nitrogen and oxygen atoms in total. The second-order valence-corrected chi connectivity index (χ2v) is 5.10. The van der Waals surface area contributed by atoms with Gasteiger partial charge < -0.3 is 4.42 Å². The fraction of sp³-hybridized carbons (Fsp3) is 0.200. The summed E-state index contributed by atoms with van der Waals surface area (Å²) < 4.78 is 67.8. The van der Waals surface area contributed by atoms with Gasteiger partial charge in [-0.1, -0.05) is 22.9 Å². The first-order chi connectivity index (χ1) is 9.14. The predicted octanol–water partition coefficient (Wildman–Crippen LogP) is 4.27. The second kappa shape index (κ2) is 4.81. The van der Waals surface area contributed by atoms with Crippen molar-refractivity contribution in [1.82, 2.24) is 4.98 Å². The van der Waals surface area contributed by atoms with E-state index < -0.39 is 32.9 Å². The summed E-state index contributed by atoms with van der Waals surface area (Å²) in [6, 6.07) is 2.42. The van der Waals surface area contributed by atoms with Crippen LogP contribution in [0.1, 0.15) is 21.1 Å². The van der Waals surface area contributed by atoms with Gasteiger partial charge in [-0.2, -0.15) is 22.0 Å². The summed E-state index contributed by atoms with van der Waals surface area (Å²) in [5.41, 5.74) is -1.72. The molecule has 108 valence electrons. The largest absolute Gasteiger partial charge is 0.461 e. The molecular formula is C10H3ClF5NO2S. The number of furan rings is 1. The molecule has 0 aliphatic rings. The maximum atomic E-state index is 13.3. The number of aromatic nitrogens is 1. The lowest BCUT2D eigenvalue weighted by atomic mass is 10.1. The Balaban J connectivity index is 2.55. The number of nitrogens with zero attached hydrogens (tertiary/aromatic N) is 1. The van der Waals surface area contributed by atoms with E-state index >= 15 is 0 Å². The summed E-state index contributed by atoms with van der Waals surface area (Å²) in [7, 11) is 0. The van der Waals surface area contributed by atoms with Crippen LogP contribution in [0.3, 0.4) is 0 Å². The molecule has 0 atom stereocenters. The van der Waals surface area contributed by atoms with Crippen molar-refractivity contribution in [2.24, 2.45) is 0 Å². The van der Waals surface area contributed by atoms with Crippen molar-refractivity contribution < 1.29 is 31.2 Å². The van der Waals surface area contributed by atoms with Crippen LogP contribution in [0.4, 0.5) is 22.0 Å². The SMILES string of the molecule is O=C(c1ccco1)c1sc(Cl)nc1C(F)(F)C(F)(F)F. The van der Waals surface area contributed by atoms with E-state index in [2.05, 4.69) is 9.40 Å². The number of ketones is 1. The van der Waals surface area contributed by atoms with Crippen LogP contribution in [0.5, 0.6) is 0 Å². The maximum Gasteiger partial charge on any atom is 0.459 e. The van der Waals surface area contributed by atoms with Crippen molar-refractivity contribution in [3.8, 4) is 0 Å². The number of thiazole rings is 1. The van der Waals surface area contributed by atoms with Gasteiger partial charge in [0, 0.05) is 0 Å². The van der Waals surface area contributed by atoms with Crippen LogP contribution in [0.2, 0.25) is 4.47 Å². The van der Waals surface area contributed by atoms with E-state index in [0.717, 1.165) is 12.3 Å². The van der Waals surface area contributed by atoms with Gasteiger partial charge in [0.25, 0.3) is 0 Å². The molecule has 2 aromatic heterocycles. The Morgan fingerprint density at radius 2 is 1.95 bits per heavy atom. The Kier molecular flexibility index (Phi) is 3.59. The molecule has 0 aliphatic carbocycles. The fourth-order valence-electron chi connectivity index (χ4n) is 1.31. The van der Waals surface area contributed by atoms with E-state index in [1.807, 2.05) is 0 Å². The Morgan fingerprint density at radius 3 is 2.45 bits per heavy atom. The number of alkyl halides is 5. The molecule has 2 rings (SSSR count). The van der Waals surface area contributed by atoms with Crippen molar-refractivity contribution >= 4 is 28.7 Å². The second-order valence-electron chi connectivity index (χ2n) is 3.52. The zero-order valence-electron chi connectivity index (χ0n) is 9.17. The molecule has 0 aliphatic heterocycles. The first kappa shape index (κ1) is 14.9. The van der Waals surface area contributed by atoms with Gasteiger partial charge in [-0.25, -0.2) is 4.98 Å². The van der Waals surface area contributed by atoms with Gasteiger partial charge in [-0.15, -0.1) is 0 Å². The smallest absolute Gasteiger partial charge is 0.459 e. The van der Waals surface area contributed by atoms with E-state index in [1.165, 1.54) is 6.07 Å². The monoisotopic (exact) mass is 331 g/mol. The van der Waals surface area contributed by atoms with Gasteiger partial charge in [0.1, 0.15) is 10.6 Å². The van der Waals surface area contributed by atoms with Gasteiger partial charge in [0.15, 0.2) is 10.2 Å². The van der Waals surface area contributed by atoms with E-state index in [-0.39, 0.29) is 17.1 Å². The average molecular weight is 332 g/mol. The molecule has 0 bridgehead atoms. The summed E-state index contributed by atoms with van der Waals surface area (Å²) in [6.07, 6.45) is -4.81. The molecular weight excluding hydrogens is 329 g/mol. The van der Waals surface area contributed by atoms with Crippen LogP contribution in [0.15, 0.2) is 22.8 Å². The normalized spacial score (nSPS) is 12.7. The van der Waals surface area contributed by atoms with E-state index in [4.69, 9.17) is 11.6 Å². The molecule has 20 heavy (non-hydrogen) atoms. The van der Waals surface area contributed by atoms with E-state index in [0.29, 0.717) is 0 Å². The number of hydrogen-bond donors (Lipinski definition) is 0. The topological polar surface area (TPSA) is 43.1 Å². The summed E-state index contributed by atoms with van der Waals surface area (Å²) in [5, 5.41) is 0. The molecule has 10 heteroatoms. The number of hydrogen-bond acceptors (Lipinski definition) is 4. The first-order valence-corrected chi connectivity index (χ1v) is 6.03. The van der Waals surface area contributed by atoms with Gasteiger partial charge in [0.2, 0.25) is 5.78 Å². The maximum absolute atomic E-state index is 13.3. The van der Waals surface area contributed by atoms with Gasteiger partial charge in [-0.3, -0.25) is 4.79 Å². The highest BCUT2D eigenvalue weighted by Crippen LogP contribution is 2.46. The number of carbonyl (C=O) groups is 1. The molecule has 2 heterocycles. The van der Waals surface area contributed by atoms with Crippen molar-refractivity contribution in [3.63, 3.8) is 0 Å². The van der Waals surface area contributed by atoms with Crippen molar-refractivity contribution in [1.29, 1.82) is 0 Å². The van der Waals surface area contributed by atoms with Gasteiger partial charge >= 0.3 is 12.1 Å². The molecule has 0 fully saturated rings. The Labute approximate surface area is 117 Å². The first-order valence-electron chi connectivity index (χ1n) is 4.84. The predicted molar refractivity (Wildman–Crippen MR) is 59.2 cm³/mol. The average Bonchev–Trinajstić information content (AvgIpc) is 2.95. The van der Waals surface area contributed by atoms with Crippen LogP contribution in [-0.2, 0) is 5.92 Å². The molecule has 0 spiro atoms. The van der Waals surface area contributed by atoms with Crippen LogP contribution < -0.4 is 0 Å². The lowest BCUT2D eigenvalue weighted by Crippen LogP contribution is -2.35. The van der Waals surface area contributed by atoms with Crippen molar-refractivity contribution in [2.75, 3.05) is 0 Å². The van der Waals surface area contributed by atoms with Crippen LogP contribution in [0, 0.1) is 0 Å². The van der Waals surface area contributed by atoms with Crippen LogP contribution >= 0.6 is 22.9 Å². The van der Waals surface area contributed by atoms with Gasteiger partial charge in [0.05, 0.1) is 6.26 Å². The minimum atomic E-state index is -5.89. The summed E-state index contributed by atoms with van der Waals surface area (Å²) in [4.78, 5) is 13.9. The molecule has 0 unspecified atom stereocenters. The molecule has 0 saturated carbocycles. The fourth-order valence-corrected chi connectivity index (χ4v) is 2.40. The highest BCUT2D eigenvalue weighted by molar-refractivity contribution is 7.17. The molecule has 0 amide bonds. The third-order valence-corrected chi connectivity index (χ3v) is 3.36. The highest BCUT2D eigenvalue weighted by Gasteiger charge is 2.62. The van der Waals surface area contributed by atoms with Crippen molar-refractivity contribution in [2.45, 2.75) is 12.1 Å². The summed E-state index contributed by atoms with van der Waals surface area (Å²) in [6.45, 7) is 0.